The van der Waals surface area contributed by atoms with Gasteiger partial charge in [0.05, 0.1) is 18.0 Å². The lowest BCUT2D eigenvalue weighted by Crippen LogP contribution is -2.31. The molecule has 0 saturated heterocycles. The summed E-state index contributed by atoms with van der Waals surface area (Å²) in [5.41, 5.74) is 2.58. The Morgan fingerprint density at radius 3 is 2.62 bits per heavy atom. The van der Waals surface area contributed by atoms with Gasteiger partial charge in [0, 0.05) is 18.8 Å². The fraction of sp³-hybridized carbons (Fsp3) is 0.294. The number of benzene rings is 1. The van der Waals surface area contributed by atoms with Gasteiger partial charge in [-0.2, -0.15) is 5.10 Å². The molecule has 0 aliphatic rings. The van der Waals surface area contributed by atoms with Crippen LogP contribution in [0.25, 0.3) is 11.0 Å². The molecule has 0 aliphatic carbocycles. The predicted octanol–water partition coefficient (Wildman–Crippen LogP) is 2.51. The molecule has 3 rings (SSSR count). The number of likely N-dealkylation sites (N-methyl/N-ethyl adjacent to an activating group) is 1. The lowest BCUT2D eigenvalue weighted by molar-refractivity contribution is -0.130. The highest BCUT2D eigenvalue weighted by Gasteiger charge is 2.10. The minimum absolute atomic E-state index is 0.150. The van der Waals surface area contributed by atoms with Crippen LogP contribution in [-0.2, 0) is 11.2 Å². The average molecular weight is 324 g/mol. The molecule has 0 aliphatic heterocycles. The third kappa shape index (κ3) is 3.34. The molecule has 0 unspecified atom stereocenters. The smallest absolute Gasteiger partial charge is 0.226 e. The largest absolute Gasteiger partial charge is 0.343 e. The number of aromatic amines is 1. The van der Waals surface area contributed by atoms with Gasteiger partial charge in [0.15, 0.2) is 5.65 Å². The molecule has 0 fully saturated rings. The highest BCUT2D eigenvalue weighted by atomic mass is 16.2. The quantitative estimate of drug-likeness (QED) is 0.727. The summed E-state index contributed by atoms with van der Waals surface area (Å²) >= 11 is 0. The number of anilines is 2. The third-order valence-corrected chi connectivity index (χ3v) is 3.94. The number of hydrogen-bond acceptors (Lipinski definition) is 5. The average Bonchev–Trinajstić information content (AvgIpc) is 3.07. The van der Waals surface area contributed by atoms with Gasteiger partial charge in [-0.05, 0) is 31.5 Å². The van der Waals surface area contributed by atoms with E-state index in [4.69, 9.17) is 0 Å². The summed E-state index contributed by atoms with van der Waals surface area (Å²) in [7, 11) is 0. The van der Waals surface area contributed by atoms with E-state index in [1.54, 1.807) is 6.20 Å². The summed E-state index contributed by atoms with van der Waals surface area (Å²) in [5, 5.41) is 10.9. The van der Waals surface area contributed by atoms with Crippen molar-refractivity contribution in [3.05, 3.63) is 42.4 Å². The van der Waals surface area contributed by atoms with Crippen LogP contribution >= 0.6 is 0 Å². The maximum atomic E-state index is 12.2. The Balaban J connectivity index is 1.71. The standard InChI is InChI=1S/C17H20N6O/c1-3-23(4-2)15(24)9-12-5-7-13(8-6-12)21-16-14-10-20-22-17(14)19-11-18-16/h5-8,10-11H,3-4,9H2,1-2H3,(H2,18,19,20,21,22). The summed E-state index contributed by atoms with van der Waals surface area (Å²) < 4.78 is 0. The SMILES string of the molecule is CCN(CC)C(=O)Cc1ccc(Nc2ncnc3[nH]ncc23)cc1. The van der Waals surface area contributed by atoms with Gasteiger partial charge in [0.2, 0.25) is 5.91 Å². The minimum atomic E-state index is 0.150. The van der Waals surface area contributed by atoms with Gasteiger partial charge in [-0.1, -0.05) is 12.1 Å². The van der Waals surface area contributed by atoms with Crippen LogP contribution in [0.3, 0.4) is 0 Å². The Bertz CT molecular complexity index is 822. The first kappa shape index (κ1) is 15.9. The number of H-pyrrole nitrogens is 1. The second-order valence-corrected chi connectivity index (χ2v) is 5.42. The molecule has 0 saturated carbocycles. The highest BCUT2D eigenvalue weighted by molar-refractivity contribution is 5.87. The molecule has 24 heavy (non-hydrogen) atoms. The van der Waals surface area contributed by atoms with Gasteiger partial charge in [-0.15, -0.1) is 0 Å². The van der Waals surface area contributed by atoms with E-state index >= 15 is 0 Å². The molecule has 1 aromatic carbocycles. The van der Waals surface area contributed by atoms with Crippen LogP contribution in [-0.4, -0.2) is 44.1 Å². The van der Waals surface area contributed by atoms with Gasteiger partial charge in [0.1, 0.15) is 12.1 Å². The van der Waals surface area contributed by atoms with Gasteiger partial charge in [0.25, 0.3) is 0 Å². The van der Waals surface area contributed by atoms with E-state index in [2.05, 4.69) is 25.5 Å². The summed E-state index contributed by atoms with van der Waals surface area (Å²) in [6.07, 6.45) is 3.59. The number of rotatable bonds is 6. The summed E-state index contributed by atoms with van der Waals surface area (Å²) in [5.74, 6) is 0.845. The molecule has 0 radical (unpaired) electrons. The topological polar surface area (TPSA) is 86.8 Å². The van der Waals surface area contributed by atoms with E-state index in [-0.39, 0.29) is 5.91 Å². The molecule has 3 aromatic rings. The van der Waals surface area contributed by atoms with E-state index in [9.17, 15) is 4.79 Å². The van der Waals surface area contributed by atoms with Crippen LogP contribution in [0.2, 0.25) is 0 Å². The Morgan fingerprint density at radius 2 is 1.92 bits per heavy atom. The molecule has 124 valence electrons. The van der Waals surface area contributed by atoms with E-state index in [1.165, 1.54) is 6.33 Å². The molecule has 2 heterocycles. The molecular formula is C17H20N6O. The molecule has 0 spiro atoms. The van der Waals surface area contributed by atoms with Gasteiger partial charge in [-0.3, -0.25) is 9.89 Å². The predicted molar refractivity (Wildman–Crippen MR) is 93.0 cm³/mol. The molecule has 1 amide bonds. The lowest BCUT2D eigenvalue weighted by Gasteiger charge is -2.18. The number of aromatic nitrogens is 4. The Labute approximate surface area is 140 Å². The number of carbonyl (C=O) groups is 1. The normalized spacial score (nSPS) is 10.8. The van der Waals surface area contributed by atoms with Crippen molar-refractivity contribution in [2.24, 2.45) is 0 Å². The van der Waals surface area contributed by atoms with Crippen molar-refractivity contribution in [3.8, 4) is 0 Å². The Hall–Kier alpha value is -2.96. The van der Waals surface area contributed by atoms with Gasteiger partial charge >= 0.3 is 0 Å². The first-order valence-electron chi connectivity index (χ1n) is 7.99. The summed E-state index contributed by atoms with van der Waals surface area (Å²) in [6, 6.07) is 7.80. The van der Waals surface area contributed by atoms with Crippen LogP contribution in [0.15, 0.2) is 36.8 Å². The zero-order valence-corrected chi connectivity index (χ0v) is 13.8. The molecule has 7 heteroatoms. The van der Waals surface area contributed by atoms with Crippen molar-refractivity contribution in [1.29, 1.82) is 0 Å². The number of fused-ring (bicyclic) bond motifs is 1. The second-order valence-electron chi connectivity index (χ2n) is 5.42. The number of amides is 1. The maximum absolute atomic E-state index is 12.2. The zero-order valence-electron chi connectivity index (χ0n) is 13.8. The van der Waals surface area contributed by atoms with E-state index in [0.29, 0.717) is 17.9 Å². The molecular weight excluding hydrogens is 304 g/mol. The molecule has 2 N–H and O–H groups in total. The molecule has 7 nitrogen and oxygen atoms in total. The van der Waals surface area contributed by atoms with Crippen LogP contribution in [0, 0.1) is 0 Å². The Kier molecular flexibility index (Phi) is 4.69. The van der Waals surface area contributed by atoms with Crippen LogP contribution in [0.4, 0.5) is 11.5 Å². The number of nitrogens with one attached hydrogen (secondary N) is 2. The third-order valence-electron chi connectivity index (χ3n) is 3.94. The maximum Gasteiger partial charge on any atom is 0.226 e. The fourth-order valence-corrected chi connectivity index (χ4v) is 2.57. The second kappa shape index (κ2) is 7.08. The van der Waals surface area contributed by atoms with Crippen molar-refractivity contribution < 1.29 is 4.79 Å². The minimum Gasteiger partial charge on any atom is -0.343 e. The first-order chi connectivity index (χ1) is 11.7. The van der Waals surface area contributed by atoms with Crippen molar-refractivity contribution in [2.45, 2.75) is 20.3 Å². The molecule has 0 atom stereocenters. The Morgan fingerprint density at radius 1 is 1.17 bits per heavy atom. The number of carbonyl (C=O) groups excluding carboxylic acids is 1. The van der Waals surface area contributed by atoms with Crippen LogP contribution in [0.1, 0.15) is 19.4 Å². The first-order valence-corrected chi connectivity index (χ1v) is 7.99. The monoisotopic (exact) mass is 324 g/mol. The molecule has 0 bridgehead atoms. The fourth-order valence-electron chi connectivity index (χ4n) is 2.57. The summed E-state index contributed by atoms with van der Waals surface area (Å²) in [4.78, 5) is 22.3. The number of hydrogen-bond donors (Lipinski definition) is 2. The van der Waals surface area contributed by atoms with Crippen LogP contribution < -0.4 is 5.32 Å². The van der Waals surface area contributed by atoms with E-state index < -0.39 is 0 Å². The van der Waals surface area contributed by atoms with Crippen molar-refractivity contribution >= 4 is 28.4 Å². The zero-order chi connectivity index (χ0) is 16.9. The van der Waals surface area contributed by atoms with Crippen molar-refractivity contribution in [1.82, 2.24) is 25.1 Å². The van der Waals surface area contributed by atoms with E-state index in [1.807, 2.05) is 43.0 Å². The van der Waals surface area contributed by atoms with Crippen LogP contribution in [0.5, 0.6) is 0 Å². The number of nitrogens with zero attached hydrogens (tertiary/aromatic N) is 4. The lowest BCUT2D eigenvalue weighted by atomic mass is 10.1. The van der Waals surface area contributed by atoms with Gasteiger partial charge in [-0.25, -0.2) is 9.97 Å². The van der Waals surface area contributed by atoms with E-state index in [0.717, 1.165) is 29.7 Å². The summed E-state index contributed by atoms with van der Waals surface area (Å²) in [6.45, 7) is 5.46. The highest BCUT2D eigenvalue weighted by Crippen LogP contribution is 2.21. The van der Waals surface area contributed by atoms with Gasteiger partial charge < -0.3 is 10.2 Å². The van der Waals surface area contributed by atoms with Crippen molar-refractivity contribution in [2.75, 3.05) is 18.4 Å². The molecule has 2 aromatic heterocycles. The van der Waals surface area contributed by atoms with Crippen molar-refractivity contribution in [3.63, 3.8) is 0 Å².